The van der Waals surface area contributed by atoms with Crippen molar-refractivity contribution in [3.8, 4) is 11.8 Å². The van der Waals surface area contributed by atoms with Crippen molar-refractivity contribution in [2.24, 2.45) is 0 Å². The summed E-state index contributed by atoms with van der Waals surface area (Å²) in [5.74, 6) is 5.28. The van der Waals surface area contributed by atoms with Crippen molar-refractivity contribution in [2.75, 3.05) is 6.61 Å². The molecule has 0 fully saturated rings. The van der Waals surface area contributed by atoms with Gasteiger partial charge in [-0.3, -0.25) is 4.79 Å². The Hall–Kier alpha value is -1.80. The zero-order valence-corrected chi connectivity index (χ0v) is 13.0. The summed E-state index contributed by atoms with van der Waals surface area (Å²) < 4.78 is 0. The maximum atomic E-state index is 12.1. The largest absolute Gasteiger partial charge is 0.384 e. The molecule has 1 heterocycles. The van der Waals surface area contributed by atoms with Gasteiger partial charge in [-0.1, -0.05) is 29.5 Å². The molecule has 5 heteroatoms. The predicted molar refractivity (Wildman–Crippen MR) is 85.6 cm³/mol. The third-order valence-corrected chi connectivity index (χ3v) is 4.00. The first kappa shape index (κ1) is 15.6. The number of rotatable bonds is 3. The second-order valence-corrected chi connectivity index (χ2v) is 5.84. The van der Waals surface area contributed by atoms with Crippen LogP contribution in [0.2, 0.25) is 5.02 Å². The van der Waals surface area contributed by atoms with E-state index in [0.29, 0.717) is 17.1 Å². The van der Waals surface area contributed by atoms with E-state index in [4.69, 9.17) is 16.7 Å². The minimum absolute atomic E-state index is 0.147. The second-order valence-electron chi connectivity index (χ2n) is 4.40. The average molecular weight is 320 g/mol. The van der Waals surface area contributed by atoms with Gasteiger partial charge in [0.25, 0.3) is 5.91 Å². The van der Waals surface area contributed by atoms with Crippen molar-refractivity contribution in [3.05, 3.63) is 56.2 Å². The summed E-state index contributed by atoms with van der Waals surface area (Å²) in [4.78, 5) is 13.1. The van der Waals surface area contributed by atoms with E-state index < -0.39 is 0 Å². The summed E-state index contributed by atoms with van der Waals surface area (Å²) in [6.07, 6.45) is 0. The number of benzene rings is 1. The van der Waals surface area contributed by atoms with E-state index in [-0.39, 0.29) is 12.5 Å². The van der Waals surface area contributed by atoms with Gasteiger partial charge >= 0.3 is 0 Å². The Balaban J connectivity index is 2.01. The molecular weight excluding hydrogens is 306 g/mol. The Labute approximate surface area is 132 Å². The summed E-state index contributed by atoms with van der Waals surface area (Å²) in [5.41, 5.74) is 2.31. The quantitative estimate of drug-likeness (QED) is 0.855. The van der Waals surface area contributed by atoms with E-state index in [9.17, 15) is 4.79 Å². The first-order valence-corrected chi connectivity index (χ1v) is 7.57. The topological polar surface area (TPSA) is 49.3 Å². The number of aliphatic hydroxyl groups is 1. The summed E-state index contributed by atoms with van der Waals surface area (Å²) in [6.45, 7) is 2.16. The maximum absolute atomic E-state index is 12.1. The fraction of sp³-hybridized carbons (Fsp3) is 0.188. The molecule has 108 valence electrons. The number of hydrogen-bond acceptors (Lipinski definition) is 3. The number of thiophene rings is 1. The average Bonchev–Trinajstić information content (AvgIpc) is 2.93. The monoisotopic (exact) mass is 319 g/mol. The molecular formula is C16H14ClNO2S. The predicted octanol–water partition coefficient (Wildman–Crippen LogP) is 2.98. The zero-order chi connectivity index (χ0) is 15.2. The van der Waals surface area contributed by atoms with Crippen LogP contribution in [0.3, 0.4) is 0 Å². The first-order chi connectivity index (χ1) is 10.1. The van der Waals surface area contributed by atoms with Gasteiger partial charge in [0.2, 0.25) is 0 Å². The van der Waals surface area contributed by atoms with Gasteiger partial charge in [0.15, 0.2) is 0 Å². The number of aryl methyl sites for hydroxylation is 1. The van der Waals surface area contributed by atoms with Gasteiger partial charge in [0.05, 0.1) is 6.54 Å². The molecule has 0 saturated heterocycles. The van der Waals surface area contributed by atoms with Crippen LogP contribution in [0.1, 0.15) is 26.4 Å². The molecule has 2 aromatic rings. The van der Waals surface area contributed by atoms with Crippen LogP contribution in [0.4, 0.5) is 0 Å². The summed E-state index contributed by atoms with van der Waals surface area (Å²) in [7, 11) is 0. The van der Waals surface area contributed by atoms with Crippen molar-refractivity contribution < 1.29 is 9.90 Å². The SMILES string of the molecule is Cc1ccc(Cl)cc1C(=O)NCc1cc(C#CCO)cs1. The molecule has 0 bridgehead atoms. The van der Waals surface area contributed by atoms with E-state index >= 15 is 0 Å². The van der Waals surface area contributed by atoms with E-state index in [1.165, 1.54) is 11.3 Å². The van der Waals surface area contributed by atoms with Gasteiger partial charge in [-0.2, -0.15) is 0 Å². The zero-order valence-electron chi connectivity index (χ0n) is 11.4. The van der Waals surface area contributed by atoms with Gasteiger partial charge < -0.3 is 10.4 Å². The van der Waals surface area contributed by atoms with Crippen molar-refractivity contribution in [3.63, 3.8) is 0 Å². The van der Waals surface area contributed by atoms with Crippen molar-refractivity contribution in [1.29, 1.82) is 0 Å². The lowest BCUT2D eigenvalue weighted by Gasteiger charge is -2.07. The Morgan fingerprint density at radius 2 is 2.24 bits per heavy atom. The summed E-state index contributed by atoms with van der Waals surface area (Å²) in [6, 6.07) is 7.15. The highest BCUT2D eigenvalue weighted by atomic mass is 35.5. The van der Waals surface area contributed by atoms with Gasteiger partial charge in [0, 0.05) is 26.4 Å². The van der Waals surface area contributed by atoms with E-state index in [0.717, 1.165) is 16.0 Å². The number of nitrogens with one attached hydrogen (secondary N) is 1. The fourth-order valence-electron chi connectivity index (χ4n) is 1.78. The van der Waals surface area contributed by atoms with Crippen molar-refractivity contribution in [1.82, 2.24) is 5.32 Å². The Morgan fingerprint density at radius 1 is 1.43 bits per heavy atom. The van der Waals surface area contributed by atoms with Crippen molar-refractivity contribution in [2.45, 2.75) is 13.5 Å². The van der Waals surface area contributed by atoms with Crippen LogP contribution in [-0.4, -0.2) is 17.6 Å². The number of aliphatic hydroxyl groups excluding tert-OH is 1. The van der Waals surface area contributed by atoms with Crippen LogP contribution in [-0.2, 0) is 6.54 Å². The number of halogens is 1. The third-order valence-electron chi connectivity index (χ3n) is 2.83. The molecule has 1 aromatic carbocycles. The van der Waals surface area contributed by atoms with E-state index in [1.807, 2.05) is 24.4 Å². The molecule has 0 spiro atoms. The molecule has 0 aliphatic heterocycles. The normalized spacial score (nSPS) is 9.86. The standard InChI is InChI=1S/C16H14ClNO2S/c1-11-4-5-13(17)8-15(11)16(20)18-9-14-7-12(10-21-14)3-2-6-19/h4-5,7-8,10,19H,6,9H2,1H3,(H,18,20). The molecule has 2 N–H and O–H groups in total. The number of carbonyl (C=O) groups is 1. The highest BCUT2D eigenvalue weighted by Gasteiger charge is 2.09. The van der Waals surface area contributed by atoms with Gasteiger partial charge in [-0.15, -0.1) is 11.3 Å². The lowest BCUT2D eigenvalue weighted by atomic mass is 10.1. The summed E-state index contributed by atoms with van der Waals surface area (Å²) in [5, 5.41) is 14.0. The third kappa shape index (κ3) is 4.33. The lowest BCUT2D eigenvalue weighted by molar-refractivity contribution is 0.0950. The molecule has 21 heavy (non-hydrogen) atoms. The van der Waals surface area contributed by atoms with Gasteiger partial charge in [0.1, 0.15) is 6.61 Å². The molecule has 0 aliphatic carbocycles. The smallest absolute Gasteiger partial charge is 0.251 e. The van der Waals surface area contributed by atoms with Gasteiger partial charge in [-0.25, -0.2) is 0 Å². The molecule has 0 atom stereocenters. The second kappa shape index (κ2) is 7.28. The van der Waals surface area contributed by atoms with E-state index in [2.05, 4.69) is 17.2 Å². The molecule has 1 amide bonds. The molecule has 0 radical (unpaired) electrons. The minimum Gasteiger partial charge on any atom is -0.384 e. The number of hydrogen-bond donors (Lipinski definition) is 2. The van der Waals surface area contributed by atoms with Crippen LogP contribution < -0.4 is 5.32 Å². The molecule has 0 saturated carbocycles. The van der Waals surface area contributed by atoms with Crippen LogP contribution in [0.15, 0.2) is 29.6 Å². The number of amides is 1. The Kier molecular flexibility index (Phi) is 5.40. The van der Waals surface area contributed by atoms with Crippen LogP contribution >= 0.6 is 22.9 Å². The van der Waals surface area contributed by atoms with Gasteiger partial charge in [-0.05, 0) is 30.7 Å². The minimum atomic E-state index is -0.157. The summed E-state index contributed by atoms with van der Waals surface area (Å²) >= 11 is 7.44. The van der Waals surface area contributed by atoms with E-state index in [1.54, 1.807) is 12.1 Å². The molecule has 0 unspecified atom stereocenters. The molecule has 2 rings (SSSR count). The Bertz CT molecular complexity index is 713. The van der Waals surface area contributed by atoms with Crippen LogP contribution in [0, 0.1) is 18.8 Å². The highest BCUT2D eigenvalue weighted by molar-refractivity contribution is 7.10. The fourth-order valence-corrected chi connectivity index (χ4v) is 2.71. The maximum Gasteiger partial charge on any atom is 0.251 e. The molecule has 3 nitrogen and oxygen atoms in total. The van der Waals surface area contributed by atoms with Crippen LogP contribution in [0.5, 0.6) is 0 Å². The molecule has 1 aromatic heterocycles. The highest BCUT2D eigenvalue weighted by Crippen LogP contribution is 2.17. The Morgan fingerprint density at radius 3 is 3.00 bits per heavy atom. The number of carbonyl (C=O) groups excluding carboxylic acids is 1. The van der Waals surface area contributed by atoms with Crippen molar-refractivity contribution >= 4 is 28.8 Å². The molecule has 0 aliphatic rings. The lowest BCUT2D eigenvalue weighted by Crippen LogP contribution is -2.23. The first-order valence-electron chi connectivity index (χ1n) is 6.31. The van der Waals surface area contributed by atoms with Crippen LogP contribution in [0.25, 0.3) is 0 Å².